The number of aryl methyl sites for hydroxylation is 1. The van der Waals surface area contributed by atoms with Crippen molar-refractivity contribution in [3.8, 4) is 0 Å². The molecule has 0 spiro atoms. The summed E-state index contributed by atoms with van der Waals surface area (Å²) in [5.74, 6) is -0.671. The third kappa shape index (κ3) is 4.59. The van der Waals surface area contributed by atoms with E-state index in [-0.39, 0.29) is 17.0 Å². The summed E-state index contributed by atoms with van der Waals surface area (Å²) in [5, 5.41) is 9.16. The minimum absolute atomic E-state index is 0.0457. The first-order valence-electron chi connectivity index (χ1n) is 10.1. The molecule has 0 aliphatic rings. The number of nitrogens with zero attached hydrogens (tertiary/aromatic N) is 3. The first kappa shape index (κ1) is 21.0. The Balaban J connectivity index is 1.56. The zero-order valence-electron chi connectivity index (χ0n) is 17.3. The lowest BCUT2D eigenvalue weighted by Gasteiger charge is -2.18. The molecule has 0 saturated carbocycles. The predicted octanol–water partition coefficient (Wildman–Crippen LogP) is 5.23. The van der Waals surface area contributed by atoms with Gasteiger partial charge in [0.15, 0.2) is 0 Å². The van der Waals surface area contributed by atoms with Crippen molar-refractivity contribution in [1.82, 2.24) is 20.1 Å². The number of aromatic nitrogens is 3. The Bertz CT molecular complexity index is 1250. The first-order chi connectivity index (χ1) is 14.9. The number of hydrogen-bond acceptors (Lipinski definition) is 3. The molecule has 0 aliphatic carbocycles. The van der Waals surface area contributed by atoms with Crippen LogP contribution < -0.4 is 5.32 Å². The van der Waals surface area contributed by atoms with E-state index in [9.17, 15) is 9.18 Å². The van der Waals surface area contributed by atoms with Crippen LogP contribution in [0.2, 0.25) is 5.02 Å². The minimum atomic E-state index is -0.475. The average Bonchev–Trinajstić information content (AvgIpc) is 3.17. The molecular weight excluding hydrogens is 415 g/mol. The van der Waals surface area contributed by atoms with Gasteiger partial charge in [0.25, 0.3) is 5.91 Å². The van der Waals surface area contributed by atoms with Gasteiger partial charge in [-0.15, -0.1) is 0 Å². The number of benzene rings is 2. The number of carbonyl (C=O) groups is 1. The molecule has 0 bridgehead atoms. The van der Waals surface area contributed by atoms with Gasteiger partial charge in [0, 0.05) is 48.2 Å². The van der Waals surface area contributed by atoms with Crippen LogP contribution in [0.15, 0.2) is 60.9 Å². The third-order valence-corrected chi connectivity index (χ3v) is 5.67. The smallest absolute Gasteiger partial charge is 0.251 e. The number of nitrogens with one attached hydrogen (secondary N) is 1. The van der Waals surface area contributed by atoms with Crippen LogP contribution in [0.1, 0.15) is 46.7 Å². The van der Waals surface area contributed by atoms with Crippen molar-refractivity contribution in [2.75, 3.05) is 0 Å². The first-order valence-corrected chi connectivity index (χ1v) is 10.4. The van der Waals surface area contributed by atoms with Gasteiger partial charge in [0.2, 0.25) is 0 Å². The van der Waals surface area contributed by atoms with Crippen LogP contribution in [0.4, 0.5) is 4.39 Å². The Hall–Kier alpha value is -3.25. The molecule has 0 radical (unpaired) electrons. The molecule has 5 nitrogen and oxygen atoms in total. The van der Waals surface area contributed by atoms with E-state index in [0.717, 1.165) is 27.7 Å². The normalized spacial score (nSPS) is 12.1. The number of amides is 1. The van der Waals surface area contributed by atoms with Crippen LogP contribution in [0.5, 0.6) is 0 Å². The highest BCUT2D eigenvalue weighted by Crippen LogP contribution is 2.24. The summed E-state index contributed by atoms with van der Waals surface area (Å²) in [7, 11) is 1.90. The van der Waals surface area contributed by atoms with E-state index in [0.29, 0.717) is 18.4 Å². The third-order valence-electron chi connectivity index (χ3n) is 5.38. The standard InChI is InChI=1S/C24H22ClFN4O/c1-3-23(15-6-7-22(26)21(25)12-15)29-24(31)16-4-5-17-14-27-19(11-18(17)10-16)13-20-8-9-28-30(20)2/h4-12,14,23H,3,13H2,1-2H3,(H,29,31)/t23-/m1/s1. The lowest BCUT2D eigenvalue weighted by molar-refractivity contribution is 0.0935. The average molecular weight is 437 g/mol. The second kappa shape index (κ2) is 8.86. The van der Waals surface area contributed by atoms with Gasteiger partial charge in [0.05, 0.1) is 11.1 Å². The molecule has 0 aliphatic heterocycles. The molecular formula is C24H22ClFN4O. The summed E-state index contributed by atoms with van der Waals surface area (Å²) in [6.07, 6.45) is 4.89. The fraction of sp³-hybridized carbons (Fsp3) is 0.208. The minimum Gasteiger partial charge on any atom is -0.345 e. The van der Waals surface area contributed by atoms with Crippen LogP contribution in [0.25, 0.3) is 10.8 Å². The number of halogens is 2. The summed E-state index contributed by atoms with van der Waals surface area (Å²) in [5.41, 5.74) is 3.29. The summed E-state index contributed by atoms with van der Waals surface area (Å²) in [6.45, 7) is 1.96. The van der Waals surface area contributed by atoms with Gasteiger partial charge in [-0.05, 0) is 53.8 Å². The van der Waals surface area contributed by atoms with Crippen molar-refractivity contribution in [1.29, 1.82) is 0 Å². The van der Waals surface area contributed by atoms with E-state index >= 15 is 0 Å². The summed E-state index contributed by atoms with van der Waals surface area (Å²) >= 11 is 5.91. The lowest BCUT2D eigenvalue weighted by atomic mass is 10.0. The summed E-state index contributed by atoms with van der Waals surface area (Å²) in [6, 6.07) is 13.8. The monoisotopic (exact) mass is 436 g/mol. The zero-order valence-corrected chi connectivity index (χ0v) is 18.0. The van der Waals surface area contributed by atoms with Crippen LogP contribution in [-0.4, -0.2) is 20.7 Å². The van der Waals surface area contributed by atoms with Crippen molar-refractivity contribution in [3.05, 3.63) is 94.3 Å². The molecule has 1 amide bonds. The fourth-order valence-electron chi connectivity index (χ4n) is 3.58. The highest BCUT2D eigenvalue weighted by atomic mass is 35.5. The van der Waals surface area contributed by atoms with Crippen LogP contribution >= 0.6 is 11.6 Å². The van der Waals surface area contributed by atoms with Gasteiger partial charge in [-0.25, -0.2) is 4.39 Å². The molecule has 2 aromatic heterocycles. The van der Waals surface area contributed by atoms with E-state index in [1.54, 1.807) is 24.4 Å². The molecule has 2 heterocycles. The highest BCUT2D eigenvalue weighted by molar-refractivity contribution is 6.30. The molecule has 31 heavy (non-hydrogen) atoms. The summed E-state index contributed by atoms with van der Waals surface area (Å²) < 4.78 is 15.3. The molecule has 2 aromatic carbocycles. The molecule has 0 saturated heterocycles. The second-order valence-corrected chi connectivity index (χ2v) is 7.88. The highest BCUT2D eigenvalue weighted by Gasteiger charge is 2.16. The van der Waals surface area contributed by atoms with Crippen molar-refractivity contribution in [2.24, 2.45) is 7.05 Å². The number of fused-ring (bicyclic) bond motifs is 1. The van der Waals surface area contributed by atoms with E-state index in [2.05, 4.69) is 15.4 Å². The molecule has 4 aromatic rings. The molecule has 7 heteroatoms. The van der Waals surface area contributed by atoms with Gasteiger partial charge in [-0.2, -0.15) is 5.10 Å². The fourth-order valence-corrected chi connectivity index (χ4v) is 3.77. The van der Waals surface area contributed by atoms with Gasteiger partial charge in [-0.1, -0.05) is 30.7 Å². The predicted molar refractivity (Wildman–Crippen MR) is 120 cm³/mol. The van der Waals surface area contributed by atoms with Crippen LogP contribution in [0.3, 0.4) is 0 Å². The van der Waals surface area contributed by atoms with Gasteiger partial charge in [0.1, 0.15) is 5.82 Å². The summed E-state index contributed by atoms with van der Waals surface area (Å²) in [4.78, 5) is 17.5. The quantitative estimate of drug-likeness (QED) is 0.450. The molecule has 4 rings (SSSR count). The SMILES string of the molecule is CC[C@@H](NC(=O)c1ccc2cnc(Cc3ccnn3C)cc2c1)c1ccc(F)c(Cl)c1. The van der Waals surface area contributed by atoms with Crippen molar-refractivity contribution >= 4 is 28.3 Å². The van der Waals surface area contributed by atoms with Crippen LogP contribution in [-0.2, 0) is 13.5 Å². The number of pyridine rings is 1. The Morgan fingerprint density at radius 3 is 2.71 bits per heavy atom. The van der Waals surface area contributed by atoms with E-state index in [1.165, 1.54) is 6.07 Å². The van der Waals surface area contributed by atoms with Gasteiger partial charge < -0.3 is 5.32 Å². The maximum absolute atomic E-state index is 13.5. The molecule has 158 valence electrons. The van der Waals surface area contributed by atoms with Gasteiger partial charge in [-0.3, -0.25) is 14.5 Å². The number of rotatable bonds is 6. The van der Waals surface area contributed by atoms with Crippen molar-refractivity contribution in [3.63, 3.8) is 0 Å². The van der Waals surface area contributed by atoms with Crippen molar-refractivity contribution in [2.45, 2.75) is 25.8 Å². The molecule has 1 N–H and O–H groups in total. The Labute approximate surface area is 184 Å². The molecule has 0 unspecified atom stereocenters. The Morgan fingerprint density at radius 1 is 1.16 bits per heavy atom. The van der Waals surface area contributed by atoms with E-state index in [1.807, 2.05) is 49.1 Å². The Kier molecular flexibility index (Phi) is 6.00. The van der Waals surface area contributed by atoms with Crippen LogP contribution in [0, 0.1) is 5.82 Å². The Morgan fingerprint density at radius 2 is 2.00 bits per heavy atom. The van der Waals surface area contributed by atoms with Crippen molar-refractivity contribution < 1.29 is 9.18 Å². The lowest BCUT2D eigenvalue weighted by Crippen LogP contribution is -2.28. The topological polar surface area (TPSA) is 59.8 Å². The molecule has 1 atom stereocenters. The van der Waals surface area contributed by atoms with Gasteiger partial charge >= 0.3 is 0 Å². The molecule has 0 fully saturated rings. The maximum Gasteiger partial charge on any atom is 0.251 e. The van der Waals surface area contributed by atoms with E-state index < -0.39 is 5.82 Å². The number of carbonyl (C=O) groups excluding carboxylic acids is 1. The zero-order chi connectivity index (χ0) is 22.0. The largest absolute Gasteiger partial charge is 0.345 e. The number of hydrogen-bond donors (Lipinski definition) is 1. The van der Waals surface area contributed by atoms with E-state index in [4.69, 9.17) is 11.6 Å². The second-order valence-electron chi connectivity index (χ2n) is 7.47. The maximum atomic E-state index is 13.5.